The van der Waals surface area contributed by atoms with E-state index in [1.807, 2.05) is 25.1 Å². The number of methoxy groups -OCH3 is 1. The number of rotatable bonds is 13. The highest BCUT2D eigenvalue weighted by Gasteiger charge is 2.31. The van der Waals surface area contributed by atoms with Crippen molar-refractivity contribution in [1.29, 1.82) is 0 Å². The van der Waals surface area contributed by atoms with Gasteiger partial charge in [-0.3, -0.25) is 9.59 Å². The van der Waals surface area contributed by atoms with Crippen molar-refractivity contribution in [3.05, 3.63) is 89.5 Å². The molecule has 0 bridgehead atoms. The van der Waals surface area contributed by atoms with Crippen molar-refractivity contribution in [3.63, 3.8) is 0 Å². The van der Waals surface area contributed by atoms with Crippen LogP contribution in [0.2, 0.25) is 0 Å². The van der Waals surface area contributed by atoms with Crippen molar-refractivity contribution >= 4 is 11.8 Å². The van der Waals surface area contributed by atoms with E-state index in [-0.39, 0.29) is 41.3 Å². The number of esters is 1. The van der Waals surface area contributed by atoms with Gasteiger partial charge < -0.3 is 14.6 Å². The monoisotopic (exact) mass is 521 g/mol. The van der Waals surface area contributed by atoms with Gasteiger partial charge in [0, 0.05) is 24.6 Å². The van der Waals surface area contributed by atoms with E-state index in [4.69, 9.17) is 9.47 Å². The van der Waals surface area contributed by atoms with Crippen molar-refractivity contribution < 1.29 is 28.6 Å². The zero-order valence-corrected chi connectivity index (χ0v) is 22.4. The summed E-state index contributed by atoms with van der Waals surface area (Å²) in [4.78, 5) is 29.8. The highest BCUT2D eigenvalue weighted by atomic mass is 19.1. The molecule has 3 rings (SSSR count). The quantitative estimate of drug-likeness (QED) is 0.213. The van der Waals surface area contributed by atoms with Crippen LogP contribution in [0.25, 0.3) is 0 Å². The lowest BCUT2D eigenvalue weighted by atomic mass is 9.78. The van der Waals surface area contributed by atoms with E-state index in [1.165, 1.54) is 37.1 Å². The average Bonchev–Trinajstić information content (AvgIpc) is 2.92. The second-order valence-electron chi connectivity index (χ2n) is 9.73. The van der Waals surface area contributed by atoms with Crippen molar-refractivity contribution in [2.45, 2.75) is 52.6 Å². The second-order valence-corrected chi connectivity index (χ2v) is 9.73. The summed E-state index contributed by atoms with van der Waals surface area (Å²) >= 11 is 0. The lowest BCUT2D eigenvalue weighted by molar-refractivity contribution is -0.156. The van der Waals surface area contributed by atoms with E-state index in [0.29, 0.717) is 6.42 Å². The maximum absolute atomic E-state index is 13.5. The first-order chi connectivity index (χ1) is 18.2. The smallest absolute Gasteiger partial charge is 0.309 e. The Morgan fingerprint density at radius 3 is 2.26 bits per heavy atom. The number of pyridine rings is 1. The van der Waals surface area contributed by atoms with Gasteiger partial charge in [0.25, 0.3) is 0 Å². The Kier molecular flexibility index (Phi) is 10.4. The summed E-state index contributed by atoms with van der Waals surface area (Å²) in [6.45, 7) is 5.62. The van der Waals surface area contributed by atoms with Crippen LogP contribution < -0.4 is 4.74 Å². The van der Waals surface area contributed by atoms with Gasteiger partial charge >= 0.3 is 5.97 Å². The maximum atomic E-state index is 13.5. The zero-order chi connectivity index (χ0) is 27.7. The van der Waals surface area contributed by atoms with Crippen LogP contribution in [-0.2, 0) is 22.4 Å². The van der Waals surface area contributed by atoms with Crippen LogP contribution in [0.3, 0.4) is 0 Å². The molecule has 202 valence electrons. The number of halogens is 1. The molecular formula is C31H36FNO5. The van der Waals surface area contributed by atoms with Gasteiger partial charge in [-0.15, -0.1) is 0 Å². The molecule has 7 heteroatoms. The van der Waals surface area contributed by atoms with Gasteiger partial charge in [-0.05, 0) is 48.9 Å². The molecule has 0 spiro atoms. The molecule has 0 radical (unpaired) electrons. The van der Waals surface area contributed by atoms with Crippen LogP contribution >= 0.6 is 0 Å². The largest absolute Gasteiger partial charge is 0.503 e. The molecule has 0 aliphatic heterocycles. The number of nitrogens with zero attached hydrogens (tertiary/aromatic N) is 1. The molecule has 0 saturated heterocycles. The van der Waals surface area contributed by atoms with E-state index >= 15 is 0 Å². The number of benzene rings is 2. The summed E-state index contributed by atoms with van der Waals surface area (Å²) in [5.74, 6) is -2.03. The SMILES string of the molecule is CC[C@H](Cc1ccccc1)[C@@H](Cc1ccc(F)cc1)[C@H](C)OC(=O)[C@H](C)CC(=O)c1nccc(OC)c1O. The number of carbonyl (C=O) groups is 2. The van der Waals surface area contributed by atoms with Crippen LogP contribution in [0.1, 0.15) is 55.2 Å². The number of hydrogen-bond donors (Lipinski definition) is 1. The first-order valence-corrected chi connectivity index (χ1v) is 13.0. The third-order valence-corrected chi connectivity index (χ3v) is 7.03. The molecule has 1 N–H and O–H groups in total. The number of Topliss-reactive ketones (excluding diaryl/α,β-unsaturated/α-hetero) is 1. The minimum absolute atomic E-state index is 0.0263. The summed E-state index contributed by atoms with van der Waals surface area (Å²) in [5.41, 5.74) is 2.03. The minimum atomic E-state index is -0.738. The summed E-state index contributed by atoms with van der Waals surface area (Å²) in [6.07, 6.45) is 3.08. The van der Waals surface area contributed by atoms with E-state index in [0.717, 1.165) is 18.4 Å². The fraction of sp³-hybridized carbons (Fsp3) is 0.387. The molecule has 0 fully saturated rings. The molecule has 3 aromatic rings. The number of hydrogen-bond acceptors (Lipinski definition) is 6. The van der Waals surface area contributed by atoms with Crippen LogP contribution in [0.4, 0.5) is 4.39 Å². The summed E-state index contributed by atoms with van der Waals surface area (Å²) in [7, 11) is 1.38. The van der Waals surface area contributed by atoms with E-state index in [1.54, 1.807) is 19.1 Å². The number of ether oxygens (including phenoxy) is 2. The van der Waals surface area contributed by atoms with E-state index in [9.17, 15) is 19.1 Å². The van der Waals surface area contributed by atoms with Crippen LogP contribution in [0.15, 0.2) is 66.9 Å². The van der Waals surface area contributed by atoms with Crippen molar-refractivity contribution in [3.8, 4) is 11.5 Å². The molecule has 6 nitrogen and oxygen atoms in total. The number of aromatic hydroxyl groups is 1. The van der Waals surface area contributed by atoms with Gasteiger partial charge in [0.15, 0.2) is 23.0 Å². The normalized spacial score (nSPS) is 14.2. The third-order valence-electron chi connectivity index (χ3n) is 7.03. The summed E-state index contributed by atoms with van der Waals surface area (Å²) in [6, 6.07) is 18.0. The molecular weight excluding hydrogens is 485 g/mol. The van der Waals surface area contributed by atoms with Crippen molar-refractivity contribution in [2.75, 3.05) is 7.11 Å². The van der Waals surface area contributed by atoms with Gasteiger partial charge in [0.2, 0.25) is 0 Å². The lowest BCUT2D eigenvalue weighted by Crippen LogP contribution is -2.34. The van der Waals surface area contributed by atoms with E-state index < -0.39 is 23.8 Å². The van der Waals surface area contributed by atoms with Crippen LogP contribution in [0.5, 0.6) is 11.5 Å². The first-order valence-electron chi connectivity index (χ1n) is 13.0. The summed E-state index contributed by atoms with van der Waals surface area (Å²) < 4.78 is 24.5. The van der Waals surface area contributed by atoms with Gasteiger partial charge in [-0.1, -0.05) is 62.7 Å². The summed E-state index contributed by atoms with van der Waals surface area (Å²) in [5, 5.41) is 10.2. The predicted molar refractivity (Wildman–Crippen MR) is 144 cm³/mol. The topological polar surface area (TPSA) is 85.7 Å². The highest BCUT2D eigenvalue weighted by molar-refractivity contribution is 5.99. The average molecular weight is 522 g/mol. The third kappa shape index (κ3) is 7.63. The molecule has 0 amide bonds. The van der Waals surface area contributed by atoms with Crippen LogP contribution in [-0.4, -0.2) is 35.1 Å². The standard InChI is InChI=1S/C31H36FNO5/c1-5-24(18-22-9-7-6-8-10-22)26(19-23-11-13-25(32)14-12-23)21(3)38-31(36)20(2)17-27(34)29-30(35)28(37-4)15-16-33-29/h6-16,20-21,24,26,35H,5,17-19H2,1-4H3/t20-,21+,24-,26+/m1/s1. The predicted octanol–water partition coefficient (Wildman–Crippen LogP) is 6.20. The molecule has 0 saturated carbocycles. The molecule has 1 heterocycles. The number of carbonyl (C=O) groups excluding carboxylic acids is 2. The molecule has 0 unspecified atom stereocenters. The second kappa shape index (κ2) is 13.7. The Morgan fingerprint density at radius 1 is 0.974 bits per heavy atom. The Hall–Kier alpha value is -3.74. The molecule has 38 heavy (non-hydrogen) atoms. The molecule has 1 aromatic heterocycles. The molecule has 0 aliphatic rings. The molecule has 0 aliphatic carbocycles. The highest BCUT2D eigenvalue weighted by Crippen LogP contribution is 2.31. The van der Waals surface area contributed by atoms with Gasteiger partial charge in [0.05, 0.1) is 13.0 Å². The minimum Gasteiger partial charge on any atom is -0.503 e. The van der Waals surface area contributed by atoms with Gasteiger partial charge in [-0.25, -0.2) is 9.37 Å². The van der Waals surface area contributed by atoms with Crippen molar-refractivity contribution in [2.24, 2.45) is 17.8 Å². The van der Waals surface area contributed by atoms with Gasteiger partial charge in [0.1, 0.15) is 11.9 Å². The van der Waals surface area contributed by atoms with E-state index in [2.05, 4.69) is 24.0 Å². The Balaban J connectivity index is 1.74. The first kappa shape index (κ1) is 28.8. The number of ketones is 1. The van der Waals surface area contributed by atoms with Crippen LogP contribution in [0, 0.1) is 23.6 Å². The van der Waals surface area contributed by atoms with Gasteiger partial charge in [-0.2, -0.15) is 0 Å². The Bertz CT molecular complexity index is 1200. The number of aromatic nitrogens is 1. The molecule has 4 atom stereocenters. The maximum Gasteiger partial charge on any atom is 0.309 e. The Labute approximate surface area is 223 Å². The molecule has 2 aromatic carbocycles. The van der Waals surface area contributed by atoms with Crippen molar-refractivity contribution in [1.82, 2.24) is 4.98 Å². The lowest BCUT2D eigenvalue weighted by Gasteiger charge is -2.32. The Morgan fingerprint density at radius 2 is 1.63 bits per heavy atom. The zero-order valence-electron chi connectivity index (χ0n) is 22.4. The fourth-order valence-corrected chi connectivity index (χ4v) is 4.77. The fourth-order valence-electron chi connectivity index (χ4n) is 4.77.